The average Bonchev–Trinajstić information content (AvgIpc) is 2.87. The lowest BCUT2D eigenvalue weighted by molar-refractivity contribution is 0.0663. The van der Waals surface area contributed by atoms with Crippen LogP contribution in [0.3, 0.4) is 0 Å². The van der Waals surface area contributed by atoms with Gasteiger partial charge in [-0.05, 0) is 24.2 Å². The van der Waals surface area contributed by atoms with Gasteiger partial charge in [0.05, 0.1) is 0 Å². The van der Waals surface area contributed by atoms with Crippen LogP contribution in [-0.4, -0.2) is 48.9 Å². The topological polar surface area (TPSA) is 35.6 Å². The van der Waals surface area contributed by atoms with Crippen LogP contribution in [-0.2, 0) is 13.1 Å². The van der Waals surface area contributed by atoms with Gasteiger partial charge in [-0.3, -0.25) is 4.79 Å². The molecule has 2 aliphatic rings. The molecule has 0 spiro atoms. The van der Waals surface area contributed by atoms with Crippen molar-refractivity contribution in [3.05, 3.63) is 34.9 Å². The number of nitrogens with one attached hydrogen (secondary N) is 1. The molecule has 1 aromatic carbocycles. The van der Waals surface area contributed by atoms with Crippen molar-refractivity contribution in [2.75, 3.05) is 33.2 Å². The molecule has 0 unspecified atom stereocenters. The molecule has 1 aromatic rings. The van der Waals surface area contributed by atoms with Gasteiger partial charge in [0.2, 0.25) is 0 Å². The zero-order valence-electron chi connectivity index (χ0n) is 10.8. The summed E-state index contributed by atoms with van der Waals surface area (Å²) in [6.07, 6.45) is 0. The Kier molecular flexibility index (Phi) is 3.06. The summed E-state index contributed by atoms with van der Waals surface area (Å²) in [4.78, 5) is 16.8. The fourth-order valence-electron chi connectivity index (χ4n) is 2.71. The molecule has 2 heterocycles. The molecule has 4 heteroatoms. The molecule has 18 heavy (non-hydrogen) atoms. The van der Waals surface area contributed by atoms with Crippen molar-refractivity contribution in [3.8, 4) is 0 Å². The first-order valence-corrected chi connectivity index (χ1v) is 6.55. The fourth-order valence-corrected chi connectivity index (χ4v) is 2.71. The van der Waals surface area contributed by atoms with E-state index in [1.165, 1.54) is 11.1 Å². The Balaban J connectivity index is 1.83. The quantitative estimate of drug-likeness (QED) is 0.790. The van der Waals surface area contributed by atoms with Crippen LogP contribution < -0.4 is 5.32 Å². The molecule has 0 bridgehead atoms. The second-order valence-electron chi connectivity index (χ2n) is 5.14. The second-order valence-corrected chi connectivity index (χ2v) is 5.14. The van der Waals surface area contributed by atoms with Gasteiger partial charge in [-0.25, -0.2) is 0 Å². The highest BCUT2D eigenvalue weighted by molar-refractivity contribution is 5.96. The highest BCUT2D eigenvalue weighted by atomic mass is 16.2. The van der Waals surface area contributed by atoms with Crippen molar-refractivity contribution < 1.29 is 4.79 Å². The minimum Gasteiger partial charge on any atom is -0.336 e. The Morgan fingerprint density at radius 2 is 1.94 bits per heavy atom. The Hall–Kier alpha value is -1.39. The monoisotopic (exact) mass is 245 g/mol. The van der Waals surface area contributed by atoms with Gasteiger partial charge in [0.1, 0.15) is 0 Å². The normalized spacial score (nSPS) is 19.9. The van der Waals surface area contributed by atoms with E-state index in [-0.39, 0.29) is 5.91 Å². The maximum atomic E-state index is 12.5. The van der Waals surface area contributed by atoms with Crippen LogP contribution in [0, 0.1) is 0 Å². The Labute approximate surface area is 108 Å². The summed E-state index contributed by atoms with van der Waals surface area (Å²) in [5, 5.41) is 3.31. The average molecular weight is 245 g/mol. The van der Waals surface area contributed by atoms with Crippen molar-refractivity contribution in [1.82, 2.24) is 15.1 Å². The van der Waals surface area contributed by atoms with Crippen molar-refractivity contribution in [1.29, 1.82) is 0 Å². The van der Waals surface area contributed by atoms with Gasteiger partial charge >= 0.3 is 0 Å². The van der Waals surface area contributed by atoms with Crippen molar-refractivity contribution in [2.45, 2.75) is 13.1 Å². The molecular formula is C14H19N3O. The molecule has 1 N–H and O–H groups in total. The SMILES string of the molecule is CN1CCN(C(=O)c2cccc3c2CNC3)CC1. The van der Waals surface area contributed by atoms with Gasteiger partial charge in [-0.2, -0.15) is 0 Å². The summed E-state index contributed by atoms with van der Waals surface area (Å²) >= 11 is 0. The smallest absolute Gasteiger partial charge is 0.254 e. The molecule has 0 aliphatic carbocycles. The predicted molar refractivity (Wildman–Crippen MR) is 70.4 cm³/mol. The lowest BCUT2D eigenvalue weighted by atomic mass is 10.0. The Bertz CT molecular complexity index is 464. The molecule has 0 radical (unpaired) electrons. The third-order valence-electron chi connectivity index (χ3n) is 3.91. The van der Waals surface area contributed by atoms with E-state index in [0.29, 0.717) is 0 Å². The number of hydrogen-bond donors (Lipinski definition) is 1. The molecule has 0 atom stereocenters. The van der Waals surface area contributed by atoms with Crippen LogP contribution in [0.2, 0.25) is 0 Å². The lowest BCUT2D eigenvalue weighted by Gasteiger charge is -2.32. The van der Waals surface area contributed by atoms with Crippen LogP contribution in [0.25, 0.3) is 0 Å². The fraction of sp³-hybridized carbons (Fsp3) is 0.500. The Morgan fingerprint density at radius 3 is 2.72 bits per heavy atom. The summed E-state index contributed by atoms with van der Waals surface area (Å²) in [5.41, 5.74) is 3.36. The molecule has 3 rings (SSSR count). The zero-order valence-corrected chi connectivity index (χ0v) is 10.8. The van der Waals surface area contributed by atoms with E-state index >= 15 is 0 Å². The molecule has 96 valence electrons. The molecule has 1 saturated heterocycles. The molecule has 4 nitrogen and oxygen atoms in total. The standard InChI is InChI=1S/C14H19N3O/c1-16-5-7-17(8-6-16)14(18)12-4-2-3-11-9-15-10-13(11)12/h2-4,15H,5-10H2,1H3. The van der Waals surface area contributed by atoms with Crippen molar-refractivity contribution >= 4 is 5.91 Å². The van der Waals surface area contributed by atoms with Crippen LogP contribution in [0.15, 0.2) is 18.2 Å². The number of carbonyl (C=O) groups is 1. The molecule has 2 aliphatic heterocycles. The number of amides is 1. The zero-order chi connectivity index (χ0) is 12.5. The number of nitrogens with zero attached hydrogens (tertiary/aromatic N) is 2. The maximum absolute atomic E-state index is 12.5. The molecular weight excluding hydrogens is 226 g/mol. The Morgan fingerprint density at radius 1 is 1.17 bits per heavy atom. The van der Waals surface area contributed by atoms with Crippen LogP contribution in [0.4, 0.5) is 0 Å². The summed E-state index contributed by atoms with van der Waals surface area (Å²) < 4.78 is 0. The van der Waals surface area contributed by atoms with Gasteiger partial charge in [-0.1, -0.05) is 12.1 Å². The van der Waals surface area contributed by atoms with E-state index in [0.717, 1.165) is 44.8 Å². The minimum atomic E-state index is 0.198. The predicted octanol–water partition coefficient (Wildman–Crippen LogP) is 0.677. The highest BCUT2D eigenvalue weighted by Crippen LogP contribution is 2.21. The van der Waals surface area contributed by atoms with Crippen LogP contribution in [0.1, 0.15) is 21.5 Å². The summed E-state index contributed by atoms with van der Waals surface area (Å²) in [6, 6.07) is 6.07. The summed E-state index contributed by atoms with van der Waals surface area (Å²) in [5.74, 6) is 0.198. The minimum absolute atomic E-state index is 0.198. The first-order chi connectivity index (χ1) is 8.75. The van der Waals surface area contributed by atoms with Gasteiger partial charge in [-0.15, -0.1) is 0 Å². The highest BCUT2D eigenvalue weighted by Gasteiger charge is 2.24. The number of hydrogen-bond acceptors (Lipinski definition) is 3. The second kappa shape index (κ2) is 4.71. The molecule has 0 aromatic heterocycles. The third kappa shape index (κ3) is 2.02. The number of likely N-dealkylation sites (N-methyl/N-ethyl adjacent to an activating group) is 1. The third-order valence-corrected chi connectivity index (χ3v) is 3.91. The number of carbonyl (C=O) groups excluding carboxylic acids is 1. The largest absolute Gasteiger partial charge is 0.336 e. The van der Waals surface area contributed by atoms with Gasteiger partial charge in [0.15, 0.2) is 0 Å². The van der Waals surface area contributed by atoms with E-state index in [4.69, 9.17) is 0 Å². The number of benzene rings is 1. The number of fused-ring (bicyclic) bond motifs is 1. The van der Waals surface area contributed by atoms with Gasteiger partial charge < -0.3 is 15.1 Å². The first kappa shape index (κ1) is 11.7. The van der Waals surface area contributed by atoms with E-state index in [1.807, 2.05) is 17.0 Å². The first-order valence-electron chi connectivity index (χ1n) is 6.55. The number of piperazine rings is 1. The molecule has 1 amide bonds. The number of rotatable bonds is 1. The van der Waals surface area contributed by atoms with E-state index < -0.39 is 0 Å². The summed E-state index contributed by atoms with van der Waals surface area (Å²) in [6.45, 7) is 5.33. The van der Waals surface area contributed by atoms with Gasteiger partial charge in [0, 0.05) is 44.8 Å². The summed E-state index contributed by atoms with van der Waals surface area (Å²) in [7, 11) is 2.10. The van der Waals surface area contributed by atoms with E-state index in [9.17, 15) is 4.79 Å². The van der Waals surface area contributed by atoms with E-state index in [1.54, 1.807) is 0 Å². The van der Waals surface area contributed by atoms with E-state index in [2.05, 4.69) is 23.3 Å². The van der Waals surface area contributed by atoms with Crippen LogP contribution in [0.5, 0.6) is 0 Å². The van der Waals surface area contributed by atoms with Crippen LogP contribution >= 0.6 is 0 Å². The molecule has 0 saturated carbocycles. The van der Waals surface area contributed by atoms with Crippen molar-refractivity contribution in [3.63, 3.8) is 0 Å². The lowest BCUT2D eigenvalue weighted by Crippen LogP contribution is -2.47. The van der Waals surface area contributed by atoms with Crippen molar-refractivity contribution in [2.24, 2.45) is 0 Å². The maximum Gasteiger partial charge on any atom is 0.254 e. The van der Waals surface area contributed by atoms with Gasteiger partial charge in [0.25, 0.3) is 5.91 Å². The molecule has 1 fully saturated rings.